The lowest BCUT2D eigenvalue weighted by Gasteiger charge is -2.12. The molecular weight excluding hydrogens is 312 g/mol. The third kappa shape index (κ3) is 4.35. The highest BCUT2D eigenvalue weighted by atomic mass is 32.2. The van der Waals surface area contributed by atoms with Crippen LogP contribution in [-0.4, -0.2) is 40.2 Å². The van der Waals surface area contributed by atoms with Crippen LogP contribution in [0.25, 0.3) is 5.69 Å². The SMILES string of the molecule is CSc1ncc(C(=O)NCC(=O)NC(C)C)n1-c1ccccc1. The maximum absolute atomic E-state index is 12.4. The largest absolute Gasteiger partial charge is 0.352 e. The second kappa shape index (κ2) is 7.82. The molecule has 2 N–H and O–H groups in total. The van der Waals surface area contributed by atoms with Crippen LogP contribution in [0.1, 0.15) is 24.3 Å². The van der Waals surface area contributed by atoms with Crippen LogP contribution in [0.4, 0.5) is 0 Å². The minimum atomic E-state index is -0.333. The van der Waals surface area contributed by atoms with E-state index < -0.39 is 0 Å². The van der Waals surface area contributed by atoms with Crippen molar-refractivity contribution in [3.05, 3.63) is 42.2 Å². The van der Waals surface area contributed by atoms with Crippen molar-refractivity contribution in [2.75, 3.05) is 12.8 Å². The molecule has 0 fully saturated rings. The molecule has 1 heterocycles. The van der Waals surface area contributed by atoms with Crippen LogP contribution in [0, 0.1) is 0 Å². The Kier molecular flexibility index (Phi) is 5.81. The van der Waals surface area contributed by atoms with Crippen molar-refractivity contribution in [1.29, 1.82) is 0 Å². The van der Waals surface area contributed by atoms with Gasteiger partial charge in [-0.15, -0.1) is 0 Å². The van der Waals surface area contributed by atoms with Crippen molar-refractivity contribution >= 4 is 23.6 Å². The van der Waals surface area contributed by atoms with Gasteiger partial charge in [-0.1, -0.05) is 30.0 Å². The van der Waals surface area contributed by atoms with Crippen LogP contribution in [0.3, 0.4) is 0 Å². The molecule has 0 bridgehead atoms. The molecule has 0 spiro atoms. The average molecular weight is 332 g/mol. The van der Waals surface area contributed by atoms with Crippen molar-refractivity contribution in [2.24, 2.45) is 0 Å². The Hall–Kier alpha value is -2.28. The van der Waals surface area contributed by atoms with Gasteiger partial charge in [0, 0.05) is 11.7 Å². The van der Waals surface area contributed by atoms with Crippen LogP contribution < -0.4 is 10.6 Å². The first-order valence-corrected chi connectivity index (χ1v) is 8.50. The molecule has 6 nitrogen and oxygen atoms in total. The minimum absolute atomic E-state index is 0.0392. The van der Waals surface area contributed by atoms with Gasteiger partial charge in [0.05, 0.1) is 12.7 Å². The maximum atomic E-state index is 12.4. The van der Waals surface area contributed by atoms with Crippen molar-refractivity contribution in [3.63, 3.8) is 0 Å². The molecule has 0 aliphatic carbocycles. The Labute approximate surface area is 139 Å². The van der Waals surface area contributed by atoms with Crippen LogP contribution in [-0.2, 0) is 4.79 Å². The summed E-state index contributed by atoms with van der Waals surface area (Å²) in [6.07, 6.45) is 3.42. The summed E-state index contributed by atoms with van der Waals surface area (Å²) in [5, 5.41) is 6.08. The molecule has 7 heteroatoms. The lowest BCUT2D eigenvalue weighted by Crippen LogP contribution is -2.40. The number of aromatic nitrogens is 2. The van der Waals surface area contributed by atoms with E-state index in [4.69, 9.17) is 0 Å². The van der Waals surface area contributed by atoms with Gasteiger partial charge in [0.25, 0.3) is 5.91 Å². The van der Waals surface area contributed by atoms with E-state index in [2.05, 4.69) is 15.6 Å². The Balaban J connectivity index is 2.18. The van der Waals surface area contributed by atoms with Crippen LogP contribution in [0.2, 0.25) is 0 Å². The fourth-order valence-electron chi connectivity index (χ4n) is 2.09. The third-order valence-electron chi connectivity index (χ3n) is 3.02. The molecular formula is C16H20N4O2S. The predicted molar refractivity (Wildman–Crippen MR) is 91.0 cm³/mol. The van der Waals surface area contributed by atoms with Gasteiger partial charge in [-0.3, -0.25) is 14.2 Å². The molecule has 0 saturated heterocycles. The lowest BCUT2D eigenvalue weighted by molar-refractivity contribution is -0.120. The standard InChI is InChI=1S/C16H20N4O2S/c1-11(2)19-14(21)10-17-15(22)13-9-18-16(23-3)20(13)12-7-5-4-6-8-12/h4-9,11H,10H2,1-3H3,(H,17,22)(H,19,21). The van der Waals surface area contributed by atoms with Gasteiger partial charge in [-0.2, -0.15) is 0 Å². The highest BCUT2D eigenvalue weighted by Crippen LogP contribution is 2.21. The summed E-state index contributed by atoms with van der Waals surface area (Å²) in [5.74, 6) is -0.551. The number of hydrogen-bond donors (Lipinski definition) is 2. The number of para-hydroxylation sites is 1. The summed E-state index contributed by atoms with van der Waals surface area (Å²) in [6, 6.07) is 9.56. The zero-order valence-electron chi connectivity index (χ0n) is 13.4. The Morgan fingerprint density at radius 2 is 1.96 bits per heavy atom. The number of benzene rings is 1. The van der Waals surface area contributed by atoms with Gasteiger partial charge in [0.2, 0.25) is 5.91 Å². The zero-order valence-corrected chi connectivity index (χ0v) is 14.2. The molecule has 1 aromatic carbocycles. The van der Waals surface area contributed by atoms with Gasteiger partial charge in [0.1, 0.15) is 5.69 Å². The highest BCUT2D eigenvalue weighted by molar-refractivity contribution is 7.98. The quantitative estimate of drug-likeness (QED) is 0.792. The molecule has 1 aromatic heterocycles. The number of amides is 2. The first-order valence-electron chi connectivity index (χ1n) is 7.27. The summed E-state index contributed by atoms with van der Waals surface area (Å²) >= 11 is 1.45. The Bertz CT molecular complexity index is 683. The van der Waals surface area contributed by atoms with Crippen molar-refractivity contribution in [1.82, 2.24) is 20.2 Å². The Morgan fingerprint density at radius 1 is 1.26 bits per heavy atom. The first-order chi connectivity index (χ1) is 11.0. The van der Waals surface area contributed by atoms with Crippen molar-refractivity contribution in [3.8, 4) is 5.69 Å². The van der Waals surface area contributed by atoms with E-state index in [1.807, 2.05) is 50.4 Å². The van der Waals surface area contributed by atoms with Crippen LogP contribution in [0.5, 0.6) is 0 Å². The van der Waals surface area contributed by atoms with E-state index in [9.17, 15) is 9.59 Å². The van der Waals surface area contributed by atoms with E-state index in [1.54, 1.807) is 4.57 Å². The van der Waals surface area contributed by atoms with Crippen molar-refractivity contribution < 1.29 is 9.59 Å². The second-order valence-corrected chi connectivity index (χ2v) is 5.98. The van der Waals surface area contributed by atoms with Gasteiger partial charge in [-0.25, -0.2) is 4.98 Å². The predicted octanol–water partition coefficient (Wildman–Crippen LogP) is 1.85. The van der Waals surface area contributed by atoms with E-state index in [-0.39, 0.29) is 24.4 Å². The van der Waals surface area contributed by atoms with E-state index >= 15 is 0 Å². The smallest absolute Gasteiger partial charge is 0.270 e. The number of hydrogen-bond acceptors (Lipinski definition) is 4. The number of imidazole rings is 1. The van der Waals surface area contributed by atoms with Crippen LogP contribution in [0.15, 0.2) is 41.7 Å². The van der Waals surface area contributed by atoms with Crippen LogP contribution >= 0.6 is 11.8 Å². The molecule has 0 aliphatic rings. The molecule has 2 rings (SSSR count). The third-order valence-corrected chi connectivity index (χ3v) is 3.67. The zero-order chi connectivity index (χ0) is 16.8. The highest BCUT2D eigenvalue weighted by Gasteiger charge is 2.18. The summed E-state index contributed by atoms with van der Waals surface area (Å²) in [4.78, 5) is 28.3. The number of nitrogens with zero attached hydrogens (tertiary/aromatic N) is 2. The fraction of sp³-hybridized carbons (Fsp3) is 0.312. The monoisotopic (exact) mass is 332 g/mol. The molecule has 23 heavy (non-hydrogen) atoms. The van der Waals surface area contributed by atoms with Gasteiger partial charge >= 0.3 is 0 Å². The molecule has 0 radical (unpaired) electrons. The molecule has 0 unspecified atom stereocenters. The maximum Gasteiger partial charge on any atom is 0.270 e. The summed E-state index contributed by atoms with van der Waals surface area (Å²) in [7, 11) is 0. The van der Waals surface area contributed by atoms with E-state index in [0.29, 0.717) is 10.9 Å². The number of carbonyl (C=O) groups excluding carboxylic acids is 2. The number of rotatable bonds is 6. The normalized spacial score (nSPS) is 10.6. The second-order valence-electron chi connectivity index (χ2n) is 5.21. The summed E-state index contributed by atoms with van der Waals surface area (Å²) in [6.45, 7) is 3.68. The number of nitrogens with one attached hydrogen (secondary N) is 2. The van der Waals surface area contributed by atoms with Gasteiger partial charge in [0.15, 0.2) is 5.16 Å². The summed E-state index contributed by atoms with van der Waals surface area (Å²) in [5.41, 5.74) is 1.25. The molecule has 2 amide bonds. The molecule has 0 saturated carbocycles. The van der Waals surface area contributed by atoms with E-state index in [0.717, 1.165) is 5.69 Å². The van der Waals surface area contributed by atoms with Gasteiger partial charge < -0.3 is 10.6 Å². The minimum Gasteiger partial charge on any atom is -0.352 e. The van der Waals surface area contributed by atoms with E-state index in [1.165, 1.54) is 18.0 Å². The summed E-state index contributed by atoms with van der Waals surface area (Å²) < 4.78 is 1.78. The van der Waals surface area contributed by atoms with Crippen molar-refractivity contribution in [2.45, 2.75) is 25.0 Å². The molecule has 0 atom stereocenters. The average Bonchev–Trinajstić information content (AvgIpc) is 2.96. The van der Waals surface area contributed by atoms with Gasteiger partial charge in [-0.05, 0) is 32.2 Å². The first kappa shape index (κ1) is 17.1. The fourth-order valence-corrected chi connectivity index (χ4v) is 2.63. The molecule has 122 valence electrons. The number of thioether (sulfide) groups is 1. The number of carbonyl (C=O) groups is 2. The topological polar surface area (TPSA) is 76.0 Å². The molecule has 2 aromatic rings. The Morgan fingerprint density at radius 3 is 2.57 bits per heavy atom. The lowest BCUT2D eigenvalue weighted by atomic mass is 10.3. The molecule has 0 aliphatic heterocycles.